The van der Waals surface area contributed by atoms with E-state index in [1.54, 1.807) is 30.3 Å². The van der Waals surface area contributed by atoms with E-state index in [1.807, 2.05) is 0 Å². The number of esters is 1. The Morgan fingerprint density at radius 2 is 2.00 bits per heavy atom. The monoisotopic (exact) mass is 228 g/mol. The van der Waals surface area contributed by atoms with Gasteiger partial charge >= 0.3 is 5.97 Å². The SMILES string of the molecule is CC(=O)OCP(=O)(CO)c1ccccc1. The first kappa shape index (κ1) is 12.0. The van der Waals surface area contributed by atoms with Gasteiger partial charge in [0.05, 0.1) is 0 Å². The first-order chi connectivity index (χ1) is 7.08. The summed E-state index contributed by atoms with van der Waals surface area (Å²) in [6.07, 6.45) is -0.743. The smallest absolute Gasteiger partial charge is 0.303 e. The Labute approximate surface area is 88.3 Å². The van der Waals surface area contributed by atoms with E-state index >= 15 is 0 Å². The van der Waals surface area contributed by atoms with Gasteiger partial charge in [0.1, 0.15) is 12.7 Å². The van der Waals surface area contributed by atoms with Crippen molar-refractivity contribution < 1.29 is 19.2 Å². The molecule has 1 rings (SSSR count). The molecular weight excluding hydrogens is 215 g/mol. The van der Waals surface area contributed by atoms with Gasteiger partial charge in [-0.25, -0.2) is 0 Å². The number of carbonyl (C=O) groups is 1. The molecule has 1 unspecified atom stereocenters. The molecule has 1 aromatic carbocycles. The molecule has 0 aliphatic rings. The first-order valence-electron chi connectivity index (χ1n) is 4.46. The lowest BCUT2D eigenvalue weighted by molar-refractivity contribution is -0.138. The molecule has 0 fully saturated rings. The minimum absolute atomic E-state index is 0.247. The van der Waals surface area contributed by atoms with Crippen molar-refractivity contribution in [2.45, 2.75) is 6.92 Å². The van der Waals surface area contributed by atoms with Crippen LogP contribution in [-0.2, 0) is 14.1 Å². The molecule has 0 spiro atoms. The van der Waals surface area contributed by atoms with Gasteiger partial charge in [0.25, 0.3) is 0 Å². The third-order valence-corrected chi connectivity index (χ3v) is 4.17. The zero-order valence-electron chi connectivity index (χ0n) is 8.42. The zero-order chi connectivity index (χ0) is 11.3. The number of benzene rings is 1. The van der Waals surface area contributed by atoms with Gasteiger partial charge in [0.15, 0.2) is 7.14 Å². The first-order valence-corrected chi connectivity index (χ1v) is 6.54. The number of hydrogen-bond donors (Lipinski definition) is 1. The van der Waals surface area contributed by atoms with Crippen LogP contribution >= 0.6 is 7.14 Å². The Bertz CT molecular complexity index is 374. The maximum Gasteiger partial charge on any atom is 0.303 e. The average molecular weight is 228 g/mol. The summed E-state index contributed by atoms with van der Waals surface area (Å²) in [5.41, 5.74) is 0. The highest BCUT2D eigenvalue weighted by Gasteiger charge is 2.24. The largest absolute Gasteiger partial charge is 0.458 e. The van der Waals surface area contributed by atoms with E-state index in [0.29, 0.717) is 5.30 Å². The van der Waals surface area contributed by atoms with Crippen LogP contribution in [0.15, 0.2) is 30.3 Å². The second-order valence-corrected chi connectivity index (χ2v) is 5.97. The molecule has 1 N–H and O–H groups in total. The quantitative estimate of drug-likeness (QED) is 0.620. The van der Waals surface area contributed by atoms with E-state index in [9.17, 15) is 9.36 Å². The summed E-state index contributed by atoms with van der Waals surface area (Å²) in [5, 5.41) is 9.62. The van der Waals surface area contributed by atoms with Crippen molar-refractivity contribution >= 4 is 18.4 Å². The minimum atomic E-state index is -2.99. The molecule has 0 radical (unpaired) electrons. The van der Waals surface area contributed by atoms with Crippen LogP contribution in [0.1, 0.15) is 6.92 Å². The fourth-order valence-electron chi connectivity index (χ4n) is 1.09. The molecule has 1 atom stereocenters. The molecule has 0 aliphatic carbocycles. The number of carbonyl (C=O) groups excluding carboxylic acids is 1. The maximum absolute atomic E-state index is 12.2. The normalized spacial score (nSPS) is 14.3. The summed E-state index contributed by atoms with van der Waals surface area (Å²) in [7, 11) is -2.99. The van der Waals surface area contributed by atoms with Crippen molar-refractivity contribution in [1.82, 2.24) is 0 Å². The van der Waals surface area contributed by atoms with Crippen LogP contribution in [0, 0.1) is 0 Å². The molecule has 0 amide bonds. The summed E-state index contributed by atoms with van der Waals surface area (Å²) in [4.78, 5) is 10.6. The Balaban J connectivity index is 2.86. The van der Waals surface area contributed by atoms with Crippen LogP contribution in [0.5, 0.6) is 0 Å². The van der Waals surface area contributed by atoms with Crippen LogP contribution in [0.2, 0.25) is 0 Å². The summed E-state index contributed by atoms with van der Waals surface area (Å²) >= 11 is 0. The van der Waals surface area contributed by atoms with Crippen molar-refractivity contribution in [3.05, 3.63) is 30.3 Å². The van der Waals surface area contributed by atoms with Gasteiger partial charge in [-0.15, -0.1) is 0 Å². The number of aliphatic hydroxyl groups is 1. The van der Waals surface area contributed by atoms with Gasteiger partial charge in [-0.2, -0.15) is 0 Å². The van der Waals surface area contributed by atoms with E-state index in [1.165, 1.54) is 6.92 Å². The van der Waals surface area contributed by atoms with Gasteiger partial charge in [0.2, 0.25) is 0 Å². The molecular formula is C10H13O4P. The average Bonchev–Trinajstić information content (AvgIpc) is 2.27. The number of rotatable bonds is 4. The van der Waals surface area contributed by atoms with E-state index in [4.69, 9.17) is 9.84 Å². The Hall–Kier alpha value is -1.12. The predicted molar refractivity (Wildman–Crippen MR) is 57.4 cm³/mol. The molecule has 82 valence electrons. The third kappa shape index (κ3) is 3.18. The molecule has 5 heteroatoms. The molecule has 0 saturated heterocycles. The van der Waals surface area contributed by atoms with Crippen LogP contribution in [-0.4, -0.2) is 23.8 Å². The standard InChI is InChI=1S/C10H13O4P/c1-9(12)14-8-15(13,7-11)10-5-3-2-4-6-10/h2-6,11H,7-8H2,1H3. The zero-order valence-corrected chi connectivity index (χ0v) is 9.31. The van der Waals surface area contributed by atoms with Crippen molar-refractivity contribution in [2.24, 2.45) is 0 Å². The molecule has 15 heavy (non-hydrogen) atoms. The lowest BCUT2D eigenvalue weighted by Crippen LogP contribution is -2.13. The number of hydrogen-bond acceptors (Lipinski definition) is 4. The van der Waals surface area contributed by atoms with E-state index in [2.05, 4.69) is 0 Å². The molecule has 1 aromatic rings. The van der Waals surface area contributed by atoms with Crippen molar-refractivity contribution in [1.29, 1.82) is 0 Å². The summed E-state index contributed by atoms with van der Waals surface area (Å²) in [6, 6.07) is 8.55. The van der Waals surface area contributed by atoms with Crippen LogP contribution in [0.25, 0.3) is 0 Å². The van der Waals surface area contributed by atoms with E-state index in [-0.39, 0.29) is 6.35 Å². The number of ether oxygens (including phenoxy) is 1. The minimum Gasteiger partial charge on any atom is -0.458 e. The summed E-state index contributed by atoms with van der Waals surface area (Å²) < 4.78 is 16.9. The third-order valence-electron chi connectivity index (χ3n) is 1.93. The summed E-state index contributed by atoms with van der Waals surface area (Å²) in [5.74, 6) is -0.500. The molecule has 4 nitrogen and oxygen atoms in total. The fraction of sp³-hybridized carbons (Fsp3) is 0.300. The second-order valence-electron chi connectivity index (χ2n) is 3.13. The highest BCUT2D eigenvalue weighted by molar-refractivity contribution is 7.71. The van der Waals surface area contributed by atoms with Crippen molar-refractivity contribution in [3.8, 4) is 0 Å². The predicted octanol–water partition coefficient (Wildman–Crippen LogP) is 1.15. The van der Waals surface area contributed by atoms with Crippen LogP contribution < -0.4 is 5.30 Å². The Kier molecular flexibility index (Phi) is 4.06. The Morgan fingerprint density at radius 1 is 1.40 bits per heavy atom. The summed E-state index contributed by atoms with van der Waals surface area (Å²) in [6.45, 7) is 1.24. The van der Waals surface area contributed by atoms with Crippen molar-refractivity contribution in [2.75, 3.05) is 12.7 Å². The Morgan fingerprint density at radius 3 is 2.47 bits per heavy atom. The second kappa shape index (κ2) is 5.10. The fourth-order valence-corrected chi connectivity index (χ4v) is 2.59. The maximum atomic E-state index is 12.2. The molecule has 0 bridgehead atoms. The van der Waals surface area contributed by atoms with E-state index in [0.717, 1.165) is 0 Å². The van der Waals surface area contributed by atoms with Gasteiger partial charge in [-0.3, -0.25) is 4.79 Å². The number of aliphatic hydroxyl groups excluding tert-OH is 1. The van der Waals surface area contributed by atoms with E-state index < -0.39 is 19.5 Å². The molecule has 0 aliphatic heterocycles. The molecule has 0 saturated carbocycles. The lowest BCUT2D eigenvalue weighted by atomic mass is 10.4. The van der Waals surface area contributed by atoms with Gasteiger partial charge < -0.3 is 14.4 Å². The highest BCUT2D eigenvalue weighted by Crippen LogP contribution is 2.42. The van der Waals surface area contributed by atoms with Crippen LogP contribution in [0.4, 0.5) is 0 Å². The molecule has 0 heterocycles. The van der Waals surface area contributed by atoms with Gasteiger partial charge in [-0.1, -0.05) is 30.3 Å². The lowest BCUT2D eigenvalue weighted by Gasteiger charge is -2.15. The van der Waals surface area contributed by atoms with Crippen molar-refractivity contribution in [3.63, 3.8) is 0 Å². The van der Waals surface area contributed by atoms with Gasteiger partial charge in [0, 0.05) is 12.2 Å². The molecule has 0 aromatic heterocycles. The van der Waals surface area contributed by atoms with Gasteiger partial charge in [-0.05, 0) is 0 Å². The van der Waals surface area contributed by atoms with Crippen LogP contribution in [0.3, 0.4) is 0 Å². The topological polar surface area (TPSA) is 63.6 Å². The highest BCUT2D eigenvalue weighted by atomic mass is 31.2.